The highest BCUT2D eigenvalue weighted by Gasteiger charge is 2.25. The van der Waals surface area contributed by atoms with Crippen LogP contribution in [0.25, 0.3) is 0 Å². The zero-order valence-electron chi connectivity index (χ0n) is 15.8. The lowest BCUT2D eigenvalue weighted by Crippen LogP contribution is -2.39. The predicted octanol–water partition coefficient (Wildman–Crippen LogP) is 2.96. The van der Waals surface area contributed by atoms with Gasteiger partial charge in [-0.25, -0.2) is 0 Å². The molecule has 0 bridgehead atoms. The van der Waals surface area contributed by atoms with Crippen LogP contribution in [-0.2, 0) is 22.4 Å². The SMILES string of the molecule is CCCC(CCC(=O)NC1CCc2c(ccc(OC)c2OC)C1)C(=O)O. The summed E-state index contributed by atoms with van der Waals surface area (Å²) in [6, 6.07) is 3.99. The van der Waals surface area contributed by atoms with Crippen molar-refractivity contribution in [1.29, 1.82) is 0 Å². The Bertz CT molecular complexity index is 643. The number of carboxylic acids is 1. The van der Waals surface area contributed by atoms with Gasteiger partial charge in [-0.1, -0.05) is 19.4 Å². The van der Waals surface area contributed by atoms with E-state index in [0.717, 1.165) is 48.3 Å². The zero-order valence-corrected chi connectivity index (χ0v) is 15.8. The number of benzene rings is 1. The molecule has 2 unspecified atom stereocenters. The number of nitrogens with one attached hydrogen (secondary N) is 1. The molecular weight excluding hydrogens is 334 g/mol. The van der Waals surface area contributed by atoms with Crippen molar-refractivity contribution in [3.05, 3.63) is 23.3 Å². The van der Waals surface area contributed by atoms with E-state index in [1.807, 2.05) is 19.1 Å². The molecule has 0 aromatic heterocycles. The van der Waals surface area contributed by atoms with Crippen molar-refractivity contribution in [2.75, 3.05) is 14.2 Å². The van der Waals surface area contributed by atoms with Gasteiger partial charge in [-0.05, 0) is 43.7 Å². The first-order valence-electron chi connectivity index (χ1n) is 9.25. The van der Waals surface area contributed by atoms with Gasteiger partial charge < -0.3 is 19.9 Å². The first kappa shape index (κ1) is 20.1. The Morgan fingerprint density at radius 2 is 2.04 bits per heavy atom. The Hall–Kier alpha value is -2.24. The molecule has 0 aliphatic heterocycles. The van der Waals surface area contributed by atoms with Crippen LogP contribution in [0, 0.1) is 5.92 Å². The van der Waals surface area contributed by atoms with Crippen LogP contribution in [0.5, 0.6) is 11.5 Å². The highest BCUT2D eigenvalue weighted by atomic mass is 16.5. The molecule has 26 heavy (non-hydrogen) atoms. The van der Waals surface area contributed by atoms with Crippen LogP contribution in [-0.4, -0.2) is 37.2 Å². The van der Waals surface area contributed by atoms with E-state index in [1.165, 1.54) is 0 Å². The van der Waals surface area contributed by atoms with E-state index in [-0.39, 0.29) is 18.4 Å². The van der Waals surface area contributed by atoms with E-state index in [4.69, 9.17) is 9.47 Å². The maximum absolute atomic E-state index is 12.2. The van der Waals surface area contributed by atoms with Crippen molar-refractivity contribution in [2.24, 2.45) is 5.92 Å². The summed E-state index contributed by atoms with van der Waals surface area (Å²) < 4.78 is 10.8. The van der Waals surface area contributed by atoms with Crippen molar-refractivity contribution in [3.8, 4) is 11.5 Å². The summed E-state index contributed by atoms with van der Waals surface area (Å²) in [6.45, 7) is 1.96. The Morgan fingerprint density at radius 1 is 1.27 bits per heavy atom. The van der Waals surface area contributed by atoms with Crippen molar-refractivity contribution >= 4 is 11.9 Å². The van der Waals surface area contributed by atoms with Gasteiger partial charge in [0.05, 0.1) is 20.1 Å². The second-order valence-electron chi connectivity index (χ2n) is 6.81. The van der Waals surface area contributed by atoms with Gasteiger partial charge in [-0.3, -0.25) is 9.59 Å². The molecule has 6 heteroatoms. The monoisotopic (exact) mass is 363 g/mol. The van der Waals surface area contributed by atoms with Crippen LogP contribution in [0.15, 0.2) is 12.1 Å². The van der Waals surface area contributed by atoms with Gasteiger partial charge in [0.25, 0.3) is 0 Å². The number of rotatable bonds is 9. The third-order valence-corrected chi connectivity index (χ3v) is 5.03. The van der Waals surface area contributed by atoms with E-state index in [9.17, 15) is 14.7 Å². The van der Waals surface area contributed by atoms with Crippen molar-refractivity contribution in [1.82, 2.24) is 5.32 Å². The van der Waals surface area contributed by atoms with E-state index in [2.05, 4.69) is 5.32 Å². The maximum atomic E-state index is 12.2. The lowest BCUT2D eigenvalue weighted by molar-refractivity contribution is -0.142. The van der Waals surface area contributed by atoms with Crippen molar-refractivity contribution in [2.45, 2.75) is 57.9 Å². The summed E-state index contributed by atoms with van der Waals surface area (Å²) in [5, 5.41) is 12.2. The fraction of sp³-hybridized carbons (Fsp3) is 0.600. The van der Waals surface area contributed by atoms with Gasteiger partial charge in [0.1, 0.15) is 0 Å². The van der Waals surface area contributed by atoms with E-state index < -0.39 is 11.9 Å². The smallest absolute Gasteiger partial charge is 0.306 e. The fourth-order valence-corrected chi connectivity index (χ4v) is 3.65. The Morgan fingerprint density at radius 3 is 2.65 bits per heavy atom. The Kier molecular flexibility index (Phi) is 7.30. The number of carbonyl (C=O) groups excluding carboxylic acids is 1. The number of carboxylic acid groups (broad SMARTS) is 1. The minimum atomic E-state index is -0.813. The summed E-state index contributed by atoms with van der Waals surface area (Å²) in [6.07, 6.45) is 4.46. The standard InChI is InChI=1S/C20H29NO5/c1-4-5-13(20(23)24)7-11-18(22)21-15-8-9-16-14(12-15)6-10-17(25-2)19(16)26-3/h6,10,13,15H,4-5,7-9,11-12H2,1-3H3,(H,21,22)(H,23,24). The molecular formula is C20H29NO5. The lowest BCUT2D eigenvalue weighted by Gasteiger charge is -2.27. The minimum absolute atomic E-state index is 0.0683. The molecule has 2 N–H and O–H groups in total. The predicted molar refractivity (Wildman–Crippen MR) is 98.8 cm³/mol. The largest absolute Gasteiger partial charge is 0.493 e. The molecule has 1 amide bonds. The Labute approximate surface area is 154 Å². The molecule has 6 nitrogen and oxygen atoms in total. The normalized spacial score (nSPS) is 17.1. The van der Waals surface area contributed by atoms with Crippen LogP contribution in [0.3, 0.4) is 0 Å². The van der Waals surface area contributed by atoms with Crippen LogP contribution in [0.1, 0.15) is 50.2 Å². The first-order valence-corrected chi connectivity index (χ1v) is 9.25. The van der Waals surface area contributed by atoms with Crippen molar-refractivity contribution in [3.63, 3.8) is 0 Å². The summed E-state index contributed by atoms with van der Waals surface area (Å²) in [5.74, 6) is 0.186. The second-order valence-corrected chi connectivity index (χ2v) is 6.81. The molecule has 0 heterocycles. The van der Waals surface area contributed by atoms with Gasteiger partial charge >= 0.3 is 5.97 Å². The zero-order chi connectivity index (χ0) is 19.1. The molecule has 2 rings (SSSR count). The fourth-order valence-electron chi connectivity index (χ4n) is 3.65. The molecule has 0 fully saturated rings. The molecule has 1 aromatic carbocycles. The highest BCUT2D eigenvalue weighted by Crippen LogP contribution is 2.37. The molecule has 2 atom stereocenters. The van der Waals surface area contributed by atoms with E-state index in [0.29, 0.717) is 12.8 Å². The number of ether oxygens (including phenoxy) is 2. The molecule has 1 aliphatic carbocycles. The van der Waals surface area contributed by atoms with Crippen LogP contribution < -0.4 is 14.8 Å². The lowest BCUT2D eigenvalue weighted by atomic mass is 9.87. The molecule has 0 saturated carbocycles. The van der Waals surface area contributed by atoms with Crippen LogP contribution in [0.4, 0.5) is 0 Å². The average molecular weight is 363 g/mol. The van der Waals surface area contributed by atoms with Gasteiger partial charge in [0.15, 0.2) is 11.5 Å². The number of carbonyl (C=O) groups is 2. The second kappa shape index (κ2) is 9.46. The molecule has 144 valence electrons. The number of hydrogen-bond acceptors (Lipinski definition) is 4. The molecule has 0 spiro atoms. The van der Waals surface area contributed by atoms with Crippen LogP contribution in [0.2, 0.25) is 0 Å². The number of fused-ring (bicyclic) bond motifs is 1. The van der Waals surface area contributed by atoms with Crippen LogP contribution >= 0.6 is 0 Å². The van der Waals surface area contributed by atoms with Gasteiger partial charge in [0.2, 0.25) is 5.91 Å². The summed E-state index contributed by atoms with van der Waals surface area (Å²) >= 11 is 0. The quantitative estimate of drug-likeness (QED) is 0.705. The highest BCUT2D eigenvalue weighted by molar-refractivity contribution is 5.77. The Balaban J connectivity index is 1.93. The number of methoxy groups -OCH3 is 2. The van der Waals surface area contributed by atoms with E-state index in [1.54, 1.807) is 14.2 Å². The molecule has 0 radical (unpaired) electrons. The molecule has 1 aromatic rings. The molecule has 0 saturated heterocycles. The summed E-state index contributed by atoms with van der Waals surface area (Å²) in [4.78, 5) is 23.4. The third-order valence-electron chi connectivity index (χ3n) is 5.03. The number of hydrogen-bond donors (Lipinski definition) is 2. The summed E-state index contributed by atoms with van der Waals surface area (Å²) in [7, 11) is 3.26. The third kappa shape index (κ3) is 4.90. The topological polar surface area (TPSA) is 84.9 Å². The maximum Gasteiger partial charge on any atom is 0.306 e. The average Bonchev–Trinajstić information content (AvgIpc) is 2.63. The van der Waals surface area contributed by atoms with E-state index >= 15 is 0 Å². The van der Waals surface area contributed by atoms with Gasteiger partial charge in [0, 0.05) is 18.0 Å². The van der Waals surface area contributed by atoms with Gasteiger partial charge in [-0.15, -0.1) is 0 Å². The summed E-state index contributed by atoms with van der Waals surface area (Å²) in [5.41, 5.74) is 2.31. The van der Waals surface area contributed by atoms with Gasteiger partial charge in [-0.2, -0.15) is 0 Å². The molecule has 1 aliphatic rings. The first-order chi connectivity index (χ1) is 12.5. The van der Waals surface area contributed by atoms with Crippen molar-refractivity contribution < 1.29 is 24.2 Å². The number of amides is 1. The number of aliphatic carboxylic acids is 1. The minimum Gasteiger partial charge on any atom is -0.493 e.